The minimum Gasteiger partial charge on any atom is -0.377 e. The summed E-state index contributed by atoms with van der Waals surface area (Å²) < 4.78 is 6.00. The maximum absolute atomic E-state index is 11.9. The van der Waals surface area contributed by atoms with Crippen LogP contribution in [0, 0.1) is 34.5 Å². The normalized spacial score (nSPS) is 56.2. The van der Waals surface area contributed by atoms with Gasteiger partial charge in [-0.25, -0.2) is 0 Å². The molecule has 0 N–H and O–H groups in total. The van der Waals surface area contributed by atoms with Crippen molar-refractivity contribution in [2.45, 2.75) is 64.9 Å². The molecule has 3 saturated carbocycles. The van der Waals surface area contributed by atoms with Crippen molar-refractivity contribution in [3.8, 4) is 0 Å². The third-order valence-electron chi connectivity index (χ3n) is 8.52. The van der Waals surface area contributed by atoms with Crippen molar-refractivity contribution >= 4 is 5.78 Å². The van der Waals surface area contributed by atoms with Gasteiger partial charge in [0.05, 0.1) is 12.7 Å². The molecule has 0 aromatic rings. The Hall–Kier alpha value is -0.630. The number of ketones is 1. The first-order valence-electron chi connectivity index (χ1n) is 9.38. The van der Waals surface area contributed by atoms with E-state index in [2.05, 4.69) is 13.8 Å². The highest BCUT2D eigenvalue weighted by atomic mass is 16.5. The smallest absolute Gasteiger partial charge is 0.155 e. The molecular weight excluding hydrogens is 272 g/mol. The summed E-state index contributed by atoms with van der Waals surface area (Å²) in [7, 11) is 0. The second kappa shape index (κ2) is 4.26. The topological polar surface area (TPSA) is 26.3 Å². The summed E-state index contributed by atoms with van der Waals surface area (Å²) in [6.45, 7) is 6.02. The lowest BCUT2D eigenvalue weighted by atomic mass is 9.47. The quantitative estimate of drug-likeness (QED) is 0.672. The van der Waals surface area contributed by atoms with Crippen LogP contribution in [-0.4, -0.2) is 18.5 Å². The summed E-state index contributed by atoms with van der Waals surface area (Å²) in [5.41, 5.74) is 2.26. The van der Waals surface area contributed by atoms with Gasteiger partial charge in [0.1, 0.15) is 0 Å². The van der Waals surface area contributed by atoms with E-state index in [4.69, 9.17) is 4.74 Å². The van der Waals surface area contributed by atoms with Crippen LogP contribution in [0.3, 0.4) is 0 Å². The highest BCUT2D eigenvalue weighted by Crippen LogP contribution is 2.67. The maximum Gasteiger partial charge on any atom is 0.155 e. The lowest BCUT2D eigenvalue weighted by Crippen LogP contribution is -2.53. The first-order valence-corrected chi connectivity index (χ1v) is 9.38. The molecule has 120 valence electrons. The fourth-order valence-corrected chi connectivity index (χ4v) is 7.28. The first-order chi connectivity index (χ1) is 10.5. The highest BCUT2D eigenvalue weighted by Gasteiger charge is 2.64. The Bertz CT molecular complexity index is 564. The zero-order chi connectivity index (χ0) is 15.1. The van der Waals surface area contributed by atoms with E-state index in [0.29, 0.717) is 22.7 Å². The molecule has 4 aliphatic carbocycles. The van der Waals surface area contributed by atoms with Crippen LogP contribution in [0.25, 0.3) is 0 Å². The molecule has 3 unspecified atom stereocenters. The van der Waals surface area contributed by atoms with Crippen LogP contribution in [0.15, 0.2) is 11.6 Å². The van der Waals surface area contributed by atoms with Gasteiger partial charge in [-0.05, 0) is 73.2 Å². The summed E-state index contributed by atoms with van der Waals surface area (Å²) in [5.74, 6) is 3.80. The van der Waals surface area contributed by atoms with Crippen molar-refractivity contribution in [3.63, 3.8) is 0 Å². The molecule has 2 nitrogen and oxygen atoms in total. The summed E-state index contributed by atoms with van der Waals surface area (Å²) in [4.78, 5) is 11.9. The van der Waals surface area contributed by atoms with E-state index in [-0.39, 0.29) is 0 Å². The van der Waals surface area contributed by atoms with Gasteiger partial charge in [0.25, 0.3) is 0 Å². The zero-order valence-electron chi connectivity index (χ0n) is 13.9. The molecule has 2 heteroatoms. The highest BCUT2D eigenvalue weighted by molar-refractivity contribution is 5.91. The molecule has 5 aliphatic rings. The van der Waals surface area contributed by atoms with E-state index in [1.54, 1.807) is 0 Å². The predicted molar refractivity (Wildman–Crippen MR) is 85.3 cm³/mol. The number of carbonyl (C=O) groups excluding carboxylic acids is 1. The monoisotopic (exact) mass is 300 g/mol. The summed E-state index contributed by atoms with van der Waals surface area (Å²) in [5, 5.41) is 0. The molecule has 0 bridgehead atoms. The van der Waals surface area contributed by atoms with E-state index < -0.39 is 0 Å². The number of carbonyl (C=O) groups is 1. The average Bonchev–Trinajstić information content (AvgIpc) is 2.65. The Morgan fingerprint density at radius 3 is 2.77 bits per heavy atom. The van der Waals surface area contributed by atoms with Gasteiger partial charge < -0.3 is 4.74 Å². The second-order valence-electron chi connectivity index (χ2n) is 9.26. The van der Waals surface area contributed by atoms with Crippen LogP contribution in [0.2, 0.25) is 0 Å². The second-order valence-corrected chi connectivity index (χ2v) is 9.26. The Kier molecular flexibility index (Phi) is 2.67. The molecule has 5 rings (SSSR count). The van der Waals surface area contributed by atoms with Crippen molar-refractivity contribution in [2.24, 2.45) is 34.5 Å². The maximum atomic E-state index is 11.9. The van der Waals surface area contributed by atoms with Crippen LogP contribution >= 0.6 is 0 Å². The fraction of sp³-hybridized carbons (Fsp3) is 0.850. The Labute approximate surface area is 133 Å². The summed E-state index contributed by atoms with van der Waals surface area (Å²) in [6, 6.07) is 0. The molecule has 22 heavy (non-hydrogen) atoms. The molecule has 1 aliphatic heterocycles. The SMILES string of the molecule is C[C@]12CCC(=O)C=C1CCC1[C@@H]2CC[C@]2(C)C3OCC3C[C@@H]12. The third kappa shape index (κ3) is 1.53. The van der Waals surface area contributed by atoms with Crippen molar-refractivity contribution in [3.05, 3.63) is 11.6 Å². The van der Waals surface area contributed by atoms with Crippen molar-refractivity contribution in [1.29, 1.82) is 0 Å². The molecule has 0 aromatic carbocycles. The van der Waals surface area contributed by atoms with Gasteiger partial charge in [-0.3, -0.25) is 4.79 Å². The van der Waals surface area contributed by atoms with Crippen LogP contribution in [0.5, 0.6) is 0 Å². The lowest BCUT2D eigenvalue weighted by Gasteiger charge is -2.58. The van der Waals surface area contributed by atoms with Crippen LogP contribution in [0.1, 0.15) is 58.8 Å². The number of allylic oxidation sites excluding steroid dienone is 1. The van der Waals surface area contributed by atoms with Crippen molar-refractivity contribution in [2.75, 3.05) is 6.61 Å². The molecule has 0 amide bonds. The van der Waals surface area contributed by atoms with Crippen molar-refractivity contribution in [1.82, 2.24) is 0 Å². The first kappa shape index (κ1) is 13.8. The van der Waals surface area contributed by atoms with Gasteiger partial charge in [-0.2, -0.15) is 0 Å². The third-order valence-corrected chi connectivity index (χ3v) is 8.52. The van der Waals surface area contributed by atoms with Gasteiger partial charge in [0.2, 0.25) is 0 Å². The molecule has 7 atom stereocenters. The number of fused-ring (bicyclic) bond motifs is 7. The van der Waals surface area contributed by atoms with Crippen molar-refractivity contribution < 1.29 is 9.53 Å². The van der Waals surface area contributed by atoms with Crippen LogP contribution in [-0.2, 0) is 9.53 Å². The fourth-order valence-electron chi connectivity index (χ4n) is 7.28. The lowest BCUT2D eigenvalue weighted by molar-refractivity contribution is -0.162. The van der Waals surface area contributed by atoms with Gasteiger partial charge in [0, 0.05) is 12.3 Å². The standard InChI is InChI=1S/C20H28O2/c1-19-7-5-14(21)10-13(19)3-4-15-16(19)6-8-20(2)17(15)9-12-11-22-18(12)20/h10,12,15-18H,3-9,11H2,1-2H3/t12?,15?,16-,17-,18?,19-,20-/m0/s1. The van der Waals surface area contributed by atoms with E-state index in [0.717, 1.165) is 43.1 Å². The van der Waals surface area contributed by atoms with E-state index in [9.17, 15) is 4.79 Å². The summed E-state index contributed by atoms with van der Waals surface area (Å²) in [6.07, 6.45) is 11.1. The Morgan fingerprint density at radius 1 is 1.14 bits per heavy atom. The van der Waals surface area contributed by atoms with Crippen LogP contribution in [0.4, 0.5) is 0 Å². The molecule has 4 fully saturated rings. The molecule has 1 heterocycles. The van der Waals surface area contributed by atoms with Gasteiger partial charge in [0.15, 0.2) is 5.78 Å². The Balaban J connectivity index is 1.51. The minimum atomic E-state index is 0.320. The predicted octanol–water partition coefficient (Wildman–Crippen LogP) is 4.14. The van der Waals surface area contributed by atoms with Gasteiger partial charge in [-0.1, -0.05) is 19.4 Å². The molecule has 0 spiro atoms. The van der Waals surface area contributed by atoms with E-state index >= 15 is 0 Å². The van der Waals surface area contributed by atoms with Gasteiger partial charge >= 0.3 is 0 Å². The number of rotatable bonds is 0. The van der Waals surface area contributed by atoms with E-state index in [1.165, 1.54) is 37.7 Å². The molecule has 1 saturated heterocycles. The molecule has 0 radical (unpaired) electrons. The van der Waals surface area contributed by atoms with Crippen LogP contribution < -0.4 is 0 Å². The number of hydrogen-bond acceptors (Lipinski definition) is 2. The number of ether oxygens (including phenoxy) is 1. The molecule has 0 aromatic heterocycles. The Morgan fingerprint density at radius 2 is 2.00 bits per heavy atom. The van der Waals surface area contributed by atoms with Gasteiger partial charge in [-0.15, -0.1) is 0 Å². The average molecular weight is 300 g/mol. The number of hydrogen-bond donors (Lipinski definition) is 0. The summed E-state index contributed by atoms with van der Waals surface area (Å²) >= 11 is 0. The zero-order valence-corrected chi connectivity index (χ0v) is 13.9. The largest absolute Gasteiger partial charge is 0.377 e. The molecular formula is C20H28O2. The van der Waals surface area contributed by atoms with E-state index in [1.807, 2.05) is 6.08 Å². The minimum absolute atomic E-state index is 0.320.